The van der Waals surface area contributed by atoms with Gasteiger partial charge >= 0.3 is 5.69 Å². The minimum atomic E-state index is -0.415. The molecule has 2 N–H and O–H groups in total. The third-order valence-electron chi connectivity index (χ3n) is 2.26. The van der Waals surface area contributed by atoms with Crippen LogP contribution in [0.3, 0.4) is 0 Å². The van der Waals surface area contributed by atoms with Crippen molar-refractivity contribution in [2.75, 3.05) is 12.0 Å². The maximum atomic E-state index is 10.9. The first-order chi connectivity index (χ1) is 9.28. The number of hydrogen-bond donors (Lipinski definition) is 2. The van der Waals surface area contributed by atoms with Gasteiger partial charge in [-0.15, -0.1) is 0 Å². The fourth-order valence-corrected chi connectivity index (χ4v) is 1.43. The van der Waals surface area contributed by atoms with Gasteiger partial charge in [-0.05, 0) is 42.8 Å². The van der Waals surface area contributed by atoms with Gasteiger partial charge in [-0.3, -0.25) is 10.4 Å². The van der Waals surface area contributed by atoms with Gasteiger partial charge in [-0.25, -0.2) is 9.78 Å². The second-order valence-electron chi connectivity index (χ2n) is 3.66. The van der Waals surface area contributed by atoms with Crippen LogP contribution in [0.4, 0.5) is 5.82 Å². The summed E-state index contributed by atoms with van der Waals surface area (Å²) < 4.78 is 5.34. The normalized spacial score (nSPS) is 10.6. The predicted octanol–water partition coefficient (Wildman–Crippen LogP) is 1.61. The zero-order chi connectivity index (χ0) is 13.5. The summed E-state index contributed by atoms with van der Waals surface area (Å²) in [5.41, 5.74) is 3.22. The fraction of sp³-hybridized carbons (Fsp3) is 0.154. The Bertz CT molecular complexity index is 605. The number of nitrogens with zero attached hydrogens (tertiary/aromatic N) is 2. The summed E-state index contributed by atoms with van der Waals surface area (Å²) in [6, 6.07) is 9.16. The molecule has 0 saturated carbocycles. The zero-order valence-electron chi connectivity index (χ0n) is 10.5. The first kappa shape index (κ1) is 12.8. The maximum absolute atomic E-state index is 10.9. The molecule has 6 nitrogen and oxygen atoms in total. The number of hydrazone groups is 1. The van der Waals surface area contributed by atoms with Crippen LogP contribution in [-0.2, 0) is 0 Å². The second kappa shape index (κ2) is 6.34. The lowest BCUT2D eigenvalue weighted by molar-refractivity contribution is 0.340. The molecule has 0 aliphatic heterocycles. The Morgan fingerprint density at radius 1 is 1.37 bits per heavy atom. The van der Waals surface area contributed by atoms with Crippen LogP contribution in [0, 0.1) is 0 Å². The molecule has 6 heteroatoms. The Labute approximate surface area is 110 Å². The molecule has 1 heterocycles. The summed E-state index contributed by atoms with van der Waals surface area (Å²) in [4.78, 5) is 17.0. The van der Waals surface area contributed by atoms with Gasteiger partial charge in [0.2, 0.25) is 0 Å². The largest absolute Gasteiger partial charge is 0.494 e. The van der Waals surface area contributed by atoms with Gasteiger partial charge in [0.15, 0.2) is 0 Å². The third kappa shape index (κ3) is 3.95. The van der Waals surface area contributed by atoms with Crippen molar-refractivity contribution in [3.8, 4) is 5.75 Å². The molecular weight excluding hydrogens is 244 g/mol. The van der Waals surface area contributed by atoms with Crippen molar-refractivity contribution >= 4 is 12.0 Å². The molecular formula is C13H14N4O2. The molecule has 0 saturated heterocycles. The minimum absolute atomic E-state index is 0.415. The molecule has 1 aromatic heterocycles. The molecule has 98 valence electrons. The monoisotopic (exact) mass is 258 g/mol. The molecule has 0 radical (unpaired) electrons. The van der Waals surface area contributed by atoms with E-state index >= 15 is 0 Å². The average Bonchev–Trinajstić information content (AvgIpc) is 2.41. The van der Waals surface area contributed by atoms with Crippen molar-refractivity contribution in [2.45, 2.75) is 6.92 Å². The molecule has 1 aromatic carbocycles. The number of aromatic nitrogens is 2. The predicted molar refractivity (Wildman–Crippen MR) is 73.7 cm³/mol. The number of rotatable bonds is 5. The Kier molecular flexibility index (Phi) is 4.28. The SMILES string of the molecule is CCOc1ccc(C=NNc2ccnc(=O)[nH]2)cc1. The van der Waals surface area contributed by atoms with Crippen LogP contribution in [0.25, 0.3) is 0 Å². The lowest BCUT2D eigenvalue weighted by Crippen LogP contribution is -2.10. The number of benzene rings is 1. The Hall–Kier alpha value is -2.63. The van der Waals surface area contributed by atoms with E-state index in [0.717, 1.165) is 11.3 Å². The van der Waals surface area contributed by atoms with Gasteiger partial charge in [0.05, 0.1) is 12.8 Å². The summed E-state index contributed by atoms with van der Waals surface area (Å²) in [6.07, 6.45) is 3.06. The quantitative estimate of drug-likeness (QED) is 0.631. The molecule has 0 amide bonds. The molecule has 0 spiro atoms. The van der Waals surface area contributed by atoms with Crippen molar-refractivity contribution in [1.82, 2.24) is 9.97 Å². The maximum Gasteiger partial charge on any atom is 0.346 e. The number of ether oxygens (including phenoxy) is 1. The van der Waals surface area contributed by atoms with Crippen molar-refractivity contribution < 1.29 is 4.74 Å². The molecule has 0 aliphatic rings. The molecule has 2 rings (SSSR count). The number of aromatic amines is 1. The summed E-state index contributed by atoms with van der Waals surface area (Å²) in [6.45, 7) is 2.58. The van der Waals surface area contributed by atoms with Gasteiger partial charge in [0, 0.05) is 6.20 Å². The van der Waals surface area contributed by atoms with E-state index in [4.69, 9.17) is 4.74 Å². The number of hydrogen-bond acceptors (Lipinski definition) is 5. The smallest absolute Gasteiger partial charge is 0.346 e. The standard InChI is InChI=1S/C13H14N4O2/c1-2-19-11-5-3-10(4-6-11)9-15-17-12-7-8-14-13(18)16-12/h3-9H,2H2,1H3,(H2,14,16,17,18). The highest BCUT2D eigenvalue weighted by Crippen LogP contribution is 2.10. The number of anilines is 1. The zero-order valence-corrected chi connectivity index (χ0v) is 10.5. The molecule has 0 aliphatic carbocycles. The van der Waals surface area contributed by atoms with Gasteiger partial charge in [-0.1, -0.05) is 0 Å². The Morgan fingerprint density at radius 3 is 2.84 bits per heavy atom. The highest BCUT2D eigenvalue weighted by molar-refractivity contribution is 5.80. The molecule has 2 aromatic rings. The van der Waals surface area contributed by atoms with Crippen LogP contribution in [0.5, 0.6) is 5.75 Å². The first-order valence-corrected chi connectivity index (χ1v) is 5.85. The summed E-state index contributed by atoms with van der Waals surface area (Å²) in [7, 11) is 0. The Balaban J connectivity index is 1.97. The van der Waals surface area contributed by atoms with Gasteiger partial charge < -0.3 is 4.74 Å². The summed E-state index contributed by atoms with van der Waals surface area (Å²) in [5.74, 6) is 1.31. The van der Waals surface area contributed by atoms with Crippen LogP contribution in [0.2, 0.25) is 0 Å². The van der Waals surface area contributed by atoms with E-state index in [2.05, 4.69) is 20.5 Å². The van der Waals surface area contributed by atoms with E-state index in [1.54, 1.807) is 12.3 Å². The lowest BCUT2D eigenvalue weighted by atomic mass is 10.2. The van der Waals surface area contributed by atoms with Crippen molar-refractivity contribution in [2.24, 2.45) is 5.10 Å². The lowest BCUT2D eigenvalue weighted by Gasteiger charge is -2.02. The van der Waals surface area contributed by atoms with Crippen molar-refractivity contribution in [1.29, 1.82) is 0 Å². The highest BCUT2D eigenvalue weighted by atomic mass is 16.5. The van der Waals surface area contributed by atoms with Crippen LogP contribution in [-0.4, -0.2) is 22.8 Å². The number of nitrogens with one attached hydrogen (secondary N) is 2. The first-order valence-electron chi connectivity index (χ1n) is 5.85. The molecule has 19 heavy (non-hydrogen) atoms. The molecule has 0 unspecified atom stereocenters. The van der Waals surface area contributed by atoms with Crippen LogP contribution >= 0.6 is 0 Å². The van der Waals surface area contributed by atoms with Gasteiger partial charge in [0.1, 0.15) is 11.6 Å². The van der Waals surface area contributed by atoms with E-state index in [0.29, 0.717) is 12.4 Å². The summed E-state index contributed by atoms with van der Waals surface area (Å²) >= 11 is 0. The van der Waals surface area contributed by atoms with Crippen molar-refractivity contribution in [3.05, 3.63) is 52.6 Å². The van der Waals surface area contributed by atoms with Crippen LogP contribution in [0.15, 0.2) is 46.4 Å². The van der Waals surface area contributed by atoms with E-state index in [9.17, 15) is 4.79 Å². The van der Waals surface area contributed by atoms with Crippen LogP contribution in [0.1, 0.15) is 12.5 Å². The van der Waals surface area contributed by atoms with Gasteiger partial charge in [0.25, 0.3) is 0 Å². The minimum Gasteiger partial charge on any atom is -0.494 e. The Morgan fingerprint density at radius 2 is 2.16 bits per heavy atom. The molecule has 0 bridgehead atoms. The van der Waals surface area contributed by atoms with E-state index < -0.39 is 5.69 Å². The highest BCUT2D eigenvalue weighted by Gasteiger charge is 1.93. The topological polar surface area (TPSA) is 79.4 Å². The fourth-order valence-electron chi connectivity index (χ4n) is 1.43. The average molecular weight is 258 g/mol. The van der Waals surface area contributed by atoms with Crippen molar-refractivity contribution in [3.63, 3.8) is 0 Å². The third-order valence-corrected chi connectivity index (χ3v) is 2.26. The summed E-state index contributed by atoms with van der Waals surface area (Å²) in [5, 5.41) is 4.01. The second-order valence-corrected chi connectivity index (χ2v) is 3.66. The van der Waals surface area contributed by atoms with E-state index in [1.807, 2.05) is 31.2 Å². The van der Waals surface area contributed by atoms with E-state index in [1.165, 1.54) is 6.20 Å². The molecule has 0 atom stereocenters. The van der Waals surface area contributed by atoms with Crippen LogP contribution < -0.4 is 15.9 Å². The molecule has 0 fully saturated rings. The van der Waals surface area contributed by atoms with E-state index in [-0.39, 0.29) is 0 Å². The van der Waals surface area contributed by atoms with Gasteiger partial charge in [-0.2, -0.15) is 5.10 Å². The number of H-pyrrole nitrogens is 1.